The molecule has 0 amide bonds. The standard InChI is InChI=1S/C30H39NO2/c1-18(2)20-10-12-22(13-11-20)29(33)27-25(21-8-5-6-9-21)26-23(31-28(27)19(3)4)16-30(14-7-15-30)17-24(26)32/h8,10-13,18-19,24,29,32-33H,5-7,9,14-17H2,1-4H3/t24-,29?/m0/s1. The van der Waals surface area contributed by atoms with Crippen LogP contribution in [0.1, 0.15) is 136 Å². The number of benzene rings is 1. The molecule has 3 aliphatic rings. The quantitative estimate of drug-likeness (QED) is 0.515. The van der Waals surface area contributed by atoms with E-state index in [1.165, 1.54) is 30.4 Å². The topological polar surface area (TPSA) is 53.4 Å². The van der Waals surface area contributed by atoms with Gasteiger partial charge in [0.1, 0.15) is 6.10 Å². The van der Waals surface area contributed by atoms with Gasteiger partial charge in [0.25, 0.3) is 0 Å². The van der Waals surface area contributed by atoms with E-state index in [1.54, 1.807) is 0 Å². The smallest absolute Gasteiger partial charge is 0.106 e. The fourth-order valence-electron chi connectivity index (χ4n) is 6.36. The normalized spacial score (nSPS) is 22.4. The summed E-state index contributed by atoms with van der Waals surface area (Å²) >= 11 is 0. The molecule has 0 bridgehead atoms. The highest BCUT2D eigenvalue weighted by atomic mass is 16.3. The zero-order valence-corrected chi connectivity index (χ0v) is 20.7. The average Bonchev–Trinajstić information content (AvgIpc) is 3.30. The van der Waals surface area contributed by atoms with Gasteiger partial charge in [0.2, 0.25) is 0 Å². The molecule has 1 unspecified atom stereocenters. The minimum atomic E-state index is -0.746. The van der Waals surface area contributed by atoms with Gasteiger partial charge in [-0.1, -0.05) is 64.5 Å². The number of rotatable bonds is 5. The lowest BCUT2D eigenvalue weighted by Crippen LogP contribution is -2.38. The molecule has 1 heterocycles. The Morgan fingerprint density at radius 2 is 1.67 bits per heavy atom. The van der Waals surface area contributed by atoms with E-state index >= 15 is 0 Å². The van der Waals surface area contributed by atoms with E-state index in [9.17, 15) is 10.2 Å². The summed E-state index contributed by atoms with van der Waals surface area (Å²) in [4.78, 5) is 5.22. The van der Waals surface area contributed by atoms with Gasteiger partial charge < -0.3 is 10.2 Å². The zero-order valence-electron chi connectivity index (χ0n) is 20.7. The lowest BCUT2D eigenvalue weighted by Gasteiger charge is -2.47. The third-order valence-corrected chi connectivity index (χ3v) is 8.40. The van der Waals surface area contributed by atoms with Crippen molar-refractivity contribution in [2.45, 2.75) is 103 Å². The first-order valence-electron chi connectivity index (χ1n) is 13.0. The summed E-state index contributed by atoms with van der Waals surface area (Å²) in [7, 11) is 0. The van der Waals surface area contributed by atoms with Crippen LogP contribution in [0.3, 0.4) is 0 Å². The van der Waals surface area contributed by atoms with Gasteiger partial charge in [-0.2, -0.15) is 0 Å². The van der Waals surface area contributed by atoms with E-state index in [4.69, 9.17) is 4.98 Å². The van der Waals surface area contributed by atoms with E-state index in [0.717, 1.165) is 65.7 Å². The van der Waals surface area contributed by atoms with Crippen LogP contribution >= 0.6 is 0 Å². The summed E-state index contributed by atoms with van der Waals surface area (Å²) < 4.78 is 0. The van der Waals surface area contributed by atoms with Crippen molar-refractivity contribution < 1.29 is 10.2 Å². The fourth-order valence-corrected chi connectivity index (χ4v) is 6.36. The lowest BCUT2D eigenvalue weighted by atomic mass is 9.59. The SMILES string of the molecule is CC(C)c1ccc(C(O)c2c(C(C)C)nc3c(c2C2=CCCC2)[C@@H](O)CC2(CCC2)C3)cc1. The molecule has 2 aromatic rings. The van der Waals surface area contributed by atoms with Gasteiger partial charge in [-0.25, -0.2) is 0 Å². The summed E-state index contributed by atoms with van der Waals surface area (Å²) in [6.45, 7) is 8.74. The van der Waals surface area contributed by atoms with Crippen LogP contribution in [0.2, 0.25) is 0 Å². The van der Waals surface area contributed by atoms with Gasteiger partial charge in [-0.3, -0.25) is 4.98 Å². The molecule has 1 fully saturated rings. The molecule has 176 valence electrons. The van der Waals surface area contributed by atoms with Crippen molar-refractivity contribution in [1.82, 2.24) is 4.98 Å². The van der Waals surface area contributed by atoms with Gasteiger partial charge in [0.15, 0.2) is 0 Å². The second-order valence-corrected chi connectivity index (χ2v) is 11.4. The monoisotopic (exact) mass is 445 g/mol. The van der Waals surface area contributed by atoms with Crippen LogP contribution in [0, 0.1) is 5.41 Å². The molecule has 33 heavy (non-hydrogen) atoms. The van der Waals surface area contributed by atoms with Crippen LogP contribution in [-0.2, 0) is 6.42 Å². The maximum absolute atomic E-state index is 11.8. The summed E-state index contributed by atoms with van der Waals surface area (Å²) in [5.41, 5.74) is 8.86. The molecule has 1 aromatic heterocycles. The number of nitrogens with zero attached hydrogens (tertiary/aromatic N) is 1. The number of aliphatic hydroxyl groups is 2. The molecule has 2 atom stereocenters. The Balaban J connectivity index is 1.70. The number of allylic oxidation sites excluding steroid dienone is 2. The van der Waals surface area contributed by atoms with Gasteiger partial charge in [0, 0.05) is 22.5 Å². The maximum Gasteiger partial charge on any atom is 0.106 e. The molecule has 2 N–H and O–H groups in total. The van der Waals surface area contributed by atoms with E-state index in [0.29, 0.717) is 5.92 Å². The Hall–Kier alpha value is -1.97. The van der Waals surface area contributed by atoms with Crippen molar-refractivity contribution in [2.24, 2.45) is 5.41 Å². The predicted molar refractivity (Wildman–Crippen MR) is 134 cm³/mol. The highest BCUT2D eigenvalue weighted by molar-refractivity contribution is 5.75. The van der Waals surface area contributed by atoms with Crippen molar-refractivity contribution in [3.8, 4) is 0 Å². The summed E-state index contributed by atoms with van der Waals surface area (Å²) in [5, 5.41) is 23.2. The van der Waals surface area contributed by atoms with E-state index < -0.39 is 12.2 Å². The first-order chi connectivity index (χ1) is 15.8. The maximum atomic E-state index is 11.8. The third kappa shape index (κ3) is 3.98. The Bertz CT molecular complexity index is 1060. The van der Waals surface area contributed by atoms with Crippen molar-refractivity contribution >= 4 is 5.57 Å². The minimum Gasteiger partial charge on any atom is -0.388 e. The van der Waals surface area contributed by atoms with Crippen LogP contribution in [0.5, 0.6) is 0 Å². The molecule has 0 radical (unpaired) electrons. The summed E-state index contributed by atoms with van der Waals surface area (Å²) in [5.74, 6) is 0.660. The molecular formula is C30H39NO2. The van der Waals surface area contributed by atoms with E-state index in [-0.39, 0.29) is 11.3 Å². The number of hydrogen-bond acceptors (Lipinski definition) is 3. The fraction of sp³-hybridized carbons (Fsp3) is 0.567. The molecule has 0 aliphatic heterocycles. The third-order valence-electron chi connectivity index (χ3n) is 8.40. The first-order valence-corrected chi connectivity index (χ1v) is 13.0. The molecule has 3 nitrogen and oxygen atoms in total. The van der Waals surface area contributed by atoms with Gasteiger partial charge in [-0.15, -0.1) is 0 Å². The van der Waals surface area contributed by atoms with Crippen molar-refractivity contribution in [3.05, 3.63) is 69.5 Å². The average molecular weight is 446 g/mol. The van der Waals surface area contributed by atoms with Crippen molar-refractivity contribution in [3.63, 3.8) is 0 Å². The Kier molecular flexibility index (Phi) is 5.99. The number of hydrogen-bond donors (Lipinski definition) is 2. The van der Waals surface area contributed by atoms with Crippen LogP contribution in [0.4, 0.5) is 0 Å². The van der Waals surface area contributed by atoms with Crippen LogP contribution in [0.15, 0.2) is 30.3 Å². The summed E-state index contributed by atoms with van der Waals surface area (Å²) in [6.07, 6.45) is 9.79. The second kappa shape index (κ2) is 8.67. The second-order valence-electron chi connectivity index (χ2n) is 11.4. The number of pyridine rings is 1. The highest BCUT2D eigenvalue weighted by Gasteiger charge is 2.45. The van der Waals surface area contributed by atoms with Gasteiger partial charge >= 0.3 is 0 Å². The molecule has 0 saturated heterocycles. The largest absolute Gasteiger partial charge is 0.388 e. The van der Waals surface area contributed by atoms with Crippen LogP contribution < -0.4 is 0 Å². The number of fused-ring (bicyclic) bond motifs is 1. The molecule has 3 heteroatoms. The van der Waals surface area contributed by atoms with Gasteiger partial charge in [0.05, 0.1) is 6.10 Å². The predicted octanol–water partition coefficient (Wildman–Crippen LogP) is 7.13. The van der Waals surface area contributed by atoms with Crippen LogP contribution in [-0.4, -0.2) is 15.2 Å². The molecule has 3 aliphatic carbocycles. The zero-order chi connectivity index (χ0) is 23.3. The minimum absolute atomic E-state index is 0.201. The Labute approximate surface area is 199 Å². The lowest BCUT2D eigenvalue weighted by molar-refractivity contribution is 0.0240. The molecular weight excluding hydrogens is 406 g/mol. The number of aromatic nitrogens is 1. The number of aliphatic hydroxyl groups excluding tert-OH is 2. The van der Waals surface area contributed by atoms with E-state index in [1.807, 2.05) is 0 Å². The van der Waals surface area contributed by atoms with E-state index in [2.05, 4.69) is 58.0 Å². The van der Waals surface area contributed by atoms with Crippen molar-refractivity contribution in [2.75, 3.05) is 0 Å². The highest BCUT2D eigenvalue weighted by Crippen LogP contribution is 2.55. The first kappa shape index (κ1) is 22.8. The summed E-state index contributed by atoms with van der Waals surface area (Å²) in [6, 6.07) is 8.40. The van der Waals surface area contributed by atoms with Gasteiger partial charge in [-0.05, 0) is 84.5 Å². The Morgan fingerprint density at radius 3 is 2.21 bits per heavy atom. The molecule has 1 spiro atoms. The molecule has 5 rings (SSSR count). The Morgan fingerprint density at radius 1 is 0.970 bits per heavy atom. The molecule has 1 aromatic carbocycles. The van der Waals surface area contributed by atoms with Crippen molar-refractivity contribution in [1.29, 1.82) is 0 Å². The molecule has 1 saturated carbocycles. The van der Waals surface area contributed by atoms with Crippen LogP contribution in [0.25, 0.3) is 5.57 Å².